The summed E-state index contributed by atoms with van der Waals surface area (Å²) in [6, 6.07) is 0.636. The lowest BCUT2D eigenvalue weighted by Crippen LogP contribution is -2.35. The van der Waals surface area contributed by atoms with Crippen LogP contribution in [0.15, 0.2) is 0 Å². The fourth-order valence-electron chi connectivity index (χ4n) is 1.68. The van der Waals surface area contributed by atoms with Gasteiger partial charge in [-0.15, -0.1) is 0 Å². The molecule has 3 nitrogen and oxygen atoms in total. The van der Waals surface area contributed by atoms with E-state index in [0.717, 1.165) is 0 Å². The minimum atomic E-state index is -0.351. The summed E-state index contributed by atoms with van der Waals surface area (Å²) in [5.41, 5.74) is 0. The third-order valence-corrected chi connectivity index (χ3v) is 2.36. The third-order valence-electron chi connectivity index (χ3n) is 2.36. The van der Waals surface area contributed by atoms with Gasteiger partial charge in [-0.3, -0.25) is 0 Å². The minimum Gasteiger partial charge on any atom is -0.389 e. The number of nitrogens with one attached hydrogen (secondary N) is 1. The lowest BCUT2D eigenvalue weighted by Gasteiger charge is -2.15. The molecule has 0 amide bonds. The van der Waals surface area contributed by atoms with Gasteiger partial charge in [0.15, 0.2) is 0 Å². The number of ether oxygens (including phenoxy) is 1. The lowest BCUT2D eigenvalue weighted by atomic mass is 10.2. The molecule has 1 aliphatic carbocycles. The highest BCUT2D eigenvalue weighted by Crippen LogP contribution is 2.17. The third kappa shape index (κ3) is 3.52. The van der Waals surface area contributed by atoms with Crippen molar-refractivity contribution in [2.24, 2.45) is 0 Å². The fourth-order valence-corrected chi connectivity index (χ4v) is 1.68. The highest BCUT2D eigenvalue weighted by atomic mass is 16.5. The summed E-state index contributed by atoms with van der Waals surface area (Å²) in [5.74, 6) is 0. The van der Waals surface area contributed by atoms with E-state index in [1.165, 1.54) is 25.7 Å². The van der Waals surface area contributed by atoms with Gasteiger partial charge in [-0.05, 0) is 12.8 Å². The quantitative estimate of drug-likeness (QED) is 0.637. The molecule has 72 valence electrons. The first-order valence-corrected chi connectivity index (χ1v) is 4.73. The zero-order valence-corrected chi connectivity index (χ0v) is 7.75. The largest absolute Gasteiger partial charge is 0.389 e. The molecule has 1 aliphatic rings. The predicted octanol–water partition coefficient (Wildman–Crippen LogP) is 0.526. The molecular formula is C9H19NO2. The van der Waals surface area contributed by atoms with Crippen LogP contribution in [-0.2, 0) is 4.74 Å². The second-order valence-corrected chi connectivity index (χ2v) is 3.50. The molecule has 2 N–H and O–H groups in total. The number of hydrogen-bond acceptors (Lipinski definition) is 3. The Morgan fingerprint density at radius 3 is 2.75 bits per heavy atom. The molecule has 3 heteroatoms. The summed E-state index contributed by atoms with van der Waals surface area (Å²) >= 11 is 0. The molecule has 1 saturated carbocycles. The average molecular weight is 173 g/mol. The first kappa shape index (κ1) is 9.96. The standard InChI is InChI=1S/C9H19NO2/c1-12-7-9(11)6-10-8-4-2-3-5-8/h8-11H,2-7H2,1H3. The van der Waals surface area contributed by atoms with Crippen molar-refractivity contribution in [3.63, 3.8) is 0 Å². The van der Waals surface area contributed by atoms with Crippen LogP contribution in [0.3, 0.4) is 0 Å². The monoisotopic (exact) mass is 173 g/mol. The van der Waals surface area contributed by atoms with E-state index in [1.807, 2.05) is 0 Å². The number of rotatable bonds is 5. The summed E-state index contributed by atoms with van der Waals surface area (Å²) in [6.07, 6.45) is 4.84. The second-order valence-electron chi connectivity index (χ2n) is 3.50. The van der Waals surface area contributed by atoms with E-state index in [9.17, 15) is 5.11 Å². The van der Waals surface area contributed by atoms with E-state index in [4.69, 9.17) is 4.74 Å². The van der Waals surface area contributed by atoms with Crippen LogP contribution in [0, 0.1) is 0 Å². The molecule has 1 rings (SSSR count). The van der Waals surface area contributed by atoms with Crippen molar-refractivity contribution < 1.29 is 9.84 Å². The molecule has 0 aromatic rings. The predicted molar refractivity (Wildman–Crippen MR) is 48.1 cm³/mol. The van der Waals surface area contributed by atoms with Gasteiger partial charge in [0, 0.05) is 19.7 Å². The Morgan fingerprint density at radius 2 is 2.17 bits per heavy atom. The van der Waals surface area contributed by atoms with E-state index in [1.54, 1.807) is 7.11 Å². The van der Waals surface area contributed by atoms with Gasteiger partial charge >= 0.3 is 0 Å². The Morgan fingerprint density at radius 1 is 1.50 bits per heavy atom. The second kappa shape index (κ2) is 5.51. The Labute approximate surface area is 74.1 Å². The maximum atomic E-state index is 9.32. The van der Waals surface area contributed by atoms with Crippen molar-refractivity contribution in [3.05, 3.63) is 0 Å². The molecule has 0 heterocycles. The smallest absolute Gasteiger partial charge is 0.0897 e. The van der Waals surface area contributed by atoms with E-state index in [-0.39, 0.29) is 6.10 Å². The van der Waals surface area contributed by atoms with Gasteiger partial charge in [0.1, 0.15) is 0 Å². The summed E-state index contributed by atoms with van der Waals surface area (Å²) in [5, 5.41) is 12.7. The molecule has 0 spiro atoms. The summed E-state index contributed by atoms with van der Waals surface area (Å²) in [4.78, 5) is 0. The van der Waals surface area contributed by atoms with Gasteiger partial charge in [0.25, 0.3) is 0 Å². The van der Waals surface area contributed by atoms with Crippen LogP contribution < -0.4 is 5.32 Å². The summed E-state index contributed by atoms with van der Waals surface area (Å²) < 4.78 is 4.83. The summed E-state index contributed by atoms with van der Waals surface area (Å²) in [6.45, 7) is 1.10. The van der Waals surface area contributed by atoms with Gasteiger partial charge in [0.2, 0.25) is 0 Å². The molecule has 0 saturated heterocycles. The zero-order valence-electron chi connectivity index (χ0n) is 7.75. The molecule has 0 aromatic carbocycles. The van der Waals surface area contributed by atoms with Crippen LogP contribution in [-0.4, -0.2) is 37.5 Å². The van der Waals surface area contributed by atoms with Gasteiger partial charge < -0.3 is 15.2 Å². The SMILES string of the molecule is COCC(O)CNC1CCCC1. The average Bonchev–Trinajstić information content (AvgIpc) is 2.53. The molecule has 0 radical (unpaired) electrons. The van der Waals surface area contributed by atoms with Crippen LogP contribution in [0.1, 0.15) is 25.7 Å². The zero-order chi connectivity index (χ0) is 8.81. The van der Waals surface area contributed by atoms with E-state index >= 15 is 0 Å². The Bertz CT molecular complexity index is 113. The highest BCUT2D eigenvalue weighted by molar-refractivity contribution is 4.74. The van der Waals surface area contributed by atoms with Crippen LogP contribution in [0.4, 0.5) is 0 Å². The lowest BCUT2D eigenvalue weighted by molar-refractivity contribution is 0.0628. The molecule has 0 bridgehead atoms. The van der Waals surface area contributed by atoms with Crippen LogP contribution >= 0.6 is 0 Å². The maximum absolute atomic E-state index is 9.32. The van der Waals surface area contributed by atoms with E-state index < -0.39 is 0 Å². The van der Waals surface area contributed by atoms with Crippen molar-refractivity contribution >= 4 is 0 Å². The van der Waals surface area contributed by atoms with Crippen molar-refractivity contribution in [2.45, 2.75) is 37.8 Å². The molecule has 12 heavy (non-hydrogen) atoms. The Kier molecular flexibility index (Phi) is 4.58. The van der Waals surface area contributed by atoms with Crippen molar-refractivity contribution in [1.29, 1.82) is 0 Å². The molecule has 1 atom stereocenters. The topological polar surface area (TPSA) is 41.5 Å². The maximum Gasteiger partial charge on any atom is 0.0897 e. The number of methoxy groups -OCH3 is 1. The Balaban J connectivity index is 1.99. The van der Waals surface area contributed by atoms with Crippen LogP contribution in [0.25, 0.3) is 0 Å². The van der Waals surface area contributed by atoms with Crippen molar-refractivity contribution in [3.8, 4) is 0 Å². The van der Waals surface area contributed by atoms with Crippen molar-refractivity contribution in [2.75, 3.05) is 20.3 Å². The van der Waals surface area contributed by atoms with Gasteiger partial charge in [-0.25, -0.2) is 0 Å². The van der Waals surface area contributed by atoms with Crippen LogP contribution in [0.2, 0.25) is 0 Å². The molecule has 1 fully saturated rings. The fraction of sp³-hybridized carbons (Fsp3) is 1.00. The van der Waals surface area contributed by atoms with E-state index in [2.05, 4.69) is 5.32 Å². The molecular weight excluding hydrogens is 154 g/mol. The normalized spacial score (nSPS) is 21.5. The van der Waals surface area contributed by atoms with Gasteiger partial charge in [-0.2, -0.15) is 0 Å². The van der Waals surface area contributed by atoms with Gasteiger partial charge in [0.05, 0.1) is 12.7 Å². The molecule has 1 unspecified atom stereocenters. The molecule has 0 aliphatic heterocycles. The molecule has 0 aromatic heterocycles. The highest BCUT2D eigenvalue weighted by Gasteiger charge is 2.15. The van der Waals surface area contributed by atoms with Crippen molar-refractivity contribution in [1.82, 2.24) is 5.32 Å². The summed E-state index contributed by atoms with van der Waals surface area (Å²) in [7, 11) is 1.61. The first-order chi connectivity index (χ1) is 5.83. The van der Waals surface area contributed by atoms with Gasteiger partial charge in [-0.1, -0.05) is 12.8 Å². The Hall–Kier alpha value is -0.120. The number of aliphatic hydroxyl groups excluding tert-OH is 1. The van der Waals surface area contributed by atoms with Crippen LogP contribution in [0.5, 0.6) is 0 Å². The number of hydrogen-bond donors (Lipinski definition) is 2. The number of aliphatic hydroxyl groups is 1. The minimum absolute atomic E-state index is 0.351. The van der Waals surface area contributed by atoms with E-state index in [0.29, 0.717) is 19.2 Å². The first-order valence-electron chi connectivity index (χ1n) is 4.73.